The standard InChI is InChI=1S/C15H18N2O2/c1-17(2)9-5-8-16-10-12-11-19-14-7-4-3-6-13(14)15(12)18/h3-4,6-7,10-11H,5,8-9H2,1-2H3. The number of hydrogen-bond donors (Lipinski definition) is 0. The number of benzene rings is 1. The van der Waals surface area contributed by atoms with Gasteiger partial charge >= 0.3 is 0 Å². The summed E-state index contributed by atoms with van der Waals surface area (Å²) < 4.78 is 5.42. The quantitative estimate of drug-likeness (QED) is 0.610. The number of aliphatic imine (C=N–C) groups is 1. The van der Waals surface area contributed by atoms with Crippen LogP contribution in [0.1, 0.15) is 12.0 Å². The van der Waals surface area contributed by atoms with Crippen molar-refractivity contribution in [2.24, 2.45) is 4.99 Å². The Labute approximate surface area is 112 Å². The molecule has 1 aromatic heterocycles. The fourth-order valence-electron chi connectivity index (χ4n) is 1.82. The van der Waals surface area contributed by atoms with E-state index in [0.717, 1.165) is 13.0 Å². The van der Waals surface area contributed by atoms with Crippen molar-refractivity contribution in [3.8, 4) is 0 Å². The van der Waals surface area contributed by atoms with E-state index in [9.17, 15) is 4.79 Å². The lowest BCUT2D eigenvalue weighted by atomic mass is 10.2. The predicted octanol–water partition coefficient (Wildman–Crippen LogP) is 2.16. The molecule has 0 bridgehead atoms. The summed E-state index contributed by atoms with van der Waals surface area (Å²) in [5.74, 6) is 0. The molecule has 2 aromatic rings. The highest BCUT2D eigenvalue weighted by Gasteiger charge is 2.03. The van der Waals surface area contributed by atoms with Crippen molar-refractivity contribution in [2.45, 2.75) is 6.42 Å². The summed E-state index contributed by atoms with van der Waals surface area (Å²) in [4.78, 5) is 18.5. The van der Waals surface area contributed by atoms with Gasteiger partial charge in [0.15, 0.2) is 0 Å². The van der Waals surface area contributed by atoms with Gasteiger partial charge in [-0.05, 0) is 39.2 Å². The molecule has 0 atom stereocenters. The van der Waals surface area contributed by atoms with E-state index in [4.69, 9.17) is 4.42 Å². The molecule has 0 unspecified atom stereocenters. The van der Waals surface area contributed by atoms with Gasteiger partial charge in [0.25, 0.3) is 0 Å². The zero-order chi connectivity index (χ0) is 13.7. The normalized spacial score (nSPS) is 11.7. The van der Waals surface area contributed by atoms with Crippen molar-refractivity contribution < 1.29 is 4.42 Å². The van der Waals surface area contributed by atoms with Crippen molar-refractivity contribution in [2.75, 3.05) is 27.2 Å². The average molecular weight is 258 g/mol. The largest absolute Gasteiger partial charge is 0.463 e. The second-order valence-electron chi connectivity index (χ2n) is 4.71. The van der Waals surface area contributed by atoms with E-state index in [2.05, 4.69) is 9.89 Å². The zero-order valence-electron chi connectivity index (χ0n) is 11.3. The molecule has 0 spiro atoms. The van der Waals surface area contributed by atoms with E-state index in [1.807, 2.05) is 26.2 Å². The summed E-state index contributed by atoms with van der Waals surface area (Å²) in [7, 11) is 4.06. The molecule has 19 heavy (non-hydrogen) atoms. The van der Waals surface area contributed by atoms with Gasteiger partial charge in [0, 0.05) is 12.8 Å². The highest BCUT2D eigenvalue weighted by Crippen LogP contribution is 2.09. The molecule has 1 heterocycles. The van der Waals surface area contributed by atoms with Gasteiger partial charge in [-0.15, -0.1) is 0 Å². The van der Waals surface area contributed by atoms with Gasteiger partial charge in [-0.25, -0.2) is 0 Å². The predicted molar refractivity (Wildman–Crippen MR) is 78.1 cm³/mol. The maximum absolute atomic E-state index is 12.1. The molecule has 100 valence electrons. The van der Waals surface area contributed by atoms with Gasteiger partial charge in [0.05, 0.1) is 10.9 Å². The minimum atomic E-state index is -0.0294. The first kappa shape index (κ1) is 13.5. The maximum Gasteiger partial charge on any atom is 0.201 e. The molecule has 0 saturated heterocycles. The fraction of sp³-hybridized carbons (Fsp3) is 0.333. The Kier molecular flexibility index (Phi) is 4.47. The summed E-state index contributed by atoms with van der Waals surface area (Å²) in [6.07, 6.45) is 4.05. The summed E-state index contributed by atoms with van der Waals surface area (Å²) in [5.41, 5.74) is 1.08. The summed E-state index contributed by atoms with van der Waals surface area (Å²) in [5, 5.41) is 0.597. The van der Waals surface area contributed by atoms with Crippen molar-refractivity contribution in [1.82, 2.24) is 4.90 Å². The highest BCUT2D eigenvalue weighted by molar-refractivity contribution is 5.86. The Morgan fingerprint density at radius 1 is 1.32 bits per heavy atom. The van der Waals surface area contributed by atoms with E-state index in [-0.39, 0.29) is 5.43 Å². The fourth-order valence-corrected chi connectivity index (χ4v) is 1.82. The molecule has 2 rings (SSSR count). The van der Waals surface area contributed by atoms with Gasteiger partial charge in [-0.3, -0.25) is 9.79 Å². The SMILES string of the molecule is CN(C)CCCN=Cc1coc2ccccc2c1=O. The van der Waals surface area contributed by atoms with E-state index < -0.39 is 0 Å². The van der Waals surface area contributed by atoms with Gasteiger partial charge in [-0.1, -0.05) is 12.1 Å². The second-order valence-corrected chi connectivity index (χ2v) is 4.71. The van der Waals surface area contributed by atoms with Crippen molar-refractivity contribution >= 4 is 17.2 Å². The van der Waals surface area contributed by atoms with Gasteiger partial charge in [-0.2, -0.15) is 0 Å². The molecule has 0 saturated carbocycles. The first-order valence-electron chi connectivity index (χ1n) is 6.33. The molecule has 0 aliphatic carbocycles. The highest BCUT2D eigenvalue weighted by atomic mass is 16.3. The third-order valence-corrected chi connectivity index (χ3v) is 2.83. The molecule has 0 radical (unpaired) electrons. The molecule has 0 aliphatic rings. The van der Waals surface area contributed by atoms with E-state index in [0.29, 0.717) is 23.1 Å². The van der Waals surface area contributed by atoms with E-state index in [1.165, 1.54) is 6.26 Å². The lowest BCUT2D eigenvalue weighted by Crippen LogP contribution is -2.13. The minimum absolute atomic E-state index is 0.0294. The van der Waals surface area contributed by atoms with E-state index >= 15 is 0 Å². The molecule has 0 fully saturated rings. The van der Waals surface area contributed by atoms with E-state index in [1.54, 1.807) is 18.3 Å². The third-order valence-electron chi connectivity index (χ3n) is 2.83. The Bertz CT molecular complexity index is 629. The van der Waals surface area contributed by atoms with Crippen LogP contribution in [0.5, 0.6) is 0 Å². The van der Waals surface area contributed by atoms with Gasteiger partial charge < -0.3 is 9.32 Å². The monoisotopic (exact) mass is 258 g/mol. The number of nitrogens with zero attached hydrogens (tertiary/aromatic N) is 2. The van der Waals surface area contributed by atoms with Crippen molar-refractivity contribution in [3.63, 3.8) is 0 Å². The van der Waals surface area contributed by atoms with Gasteiger partial charge in [0.2, 0.25) is 5.43 Å². The van der Waals surface area contributed by atoms with Crippen LogP contribution in [-0.4, -0.2) is 38.3 Å². The van der Waals surface area contributed by atoms with Crippen LogP contribution in [0.4, 0.5) is 0 Å². The lowest BCUT2D eigenvalue weighted by Gasteiger charge is -2.06. The van der Waals surface area contributed by atoms with Crippen LogP contribution in [0.25, 0.3) is 11.0 Å². The second kappa shape index (κ2) is 6.29. The Balaban J connectivity index is 2.11. The maximum atomic E-state index is 12.1. The lowest BCUT2D eigenvalue weighted by molar-refractivity contribution is 0.403. The third kappa shape index (κ3) is 3.51. The van der Waals surface area contributed by atoms with Crippen molar-refractivity contribution in [3.05, 3.63) is 46.3 Å². The molecule has 4 heteroatoms. The molecular formula is C15H18N2O2. The van der Waals surface area contributed by atoms with Crippen LogP contribution in [0.2, 0.25) is 0 Å². The summed E-state index contributed by atoms with van der Waals surface area (Å²) in [6, 6.07) is 7.23. The minimum Gasteiger partial charge on any atom is -0.463 e. The number of fused-ring (bicyclic) bond motifs is 1. The van der Waals surface area contributed by atoms with Gasteiger partial charge in [0.1, 0.15) is 11.8 Å². The molecule has 0 N–H and O–H groups in total. The average Bonchev–Trinajstić information content (AvgIpc) is 2.41. The van der Waals surface area contributed by atoms with Crippen LogP contribution in [0.15, 0.2) is 44.7 Å². The van der Waals surface area contributed by atoms with Crippen LogP contribution in [0, 0.1) is 0 Å². The number of para-hydroxylation sites is 1. The Hall–Kier alpha value is -1.94. The topological polar surface area (TPSA) is 45.8 Å². The number of hydrogen-bond acceptors (Lipinski definition) is 4. The van der Waals surface area contributed by atoms with Crippen LogP contribution >= 0.6 is 0 Å². The smallest absolute Gasteiger partial charge is 0.201 e. The number of rotatable bonds is 5. The molecule has 1 aromatic carbocycles. The first-order chi connectivity index (χ1) is 9.18. The zero-order valence-corrected chi connectivity index (χ0v) is 11.3. The molecule has 0 amide bonds. The summed E-state index contributed by atoms with van der Waals surface area (Å²) in [6.45, 7) is 1.70. The summed E-state index contributed by atoms with van der Waals surface area (Å²) >= 11 is 0. The molecule has 4 nitrogen and oxygen atoms in total. The van der Waals surface area contributed by atoms with Crippen LogP contribution in [0.3, 0.4) is 0 Å². The first-order valence-corrected chi connectivity index (χ1v) is 6.33. The van der Waals surface area contributed by atoms with Crippen molar-refractivity contribution in [1.29, 1.82) is 0 Å². The van der Waals surface area contributed by atoms with Crippen LogP contribution in [-0.2, 0) is 0 Å². The molecular weight excluding hydrogens is 240 g/mol. The Morgan fingerprint density at radius 2 is 2.11 bits per heavy atom. The molecule has 0 aliphatic heterocycles. The Morgan fingerprint density at radius 3 is 2.89 bits per heavy atom. The van der Waals surface area contributed by atoms with Crippen LogP contribution < -0.4 is 5.43 Å².